The van der Waals surface area contributed by atoms with Crippen molar-refractivity contribution >= 4 is 22.6 Å². The van der Waals surface area contributed by atoms with Gasteiger partial charge in [0.2, 0.25) is 0 Å². The van der Waals surface area contributed by atoms with Crippen LogP contribution in [0.4, 0.5) is 17.1 Å². The van der Waals surface area contributed by atoms with Crippen molar-refractivity contribution in [1.29, 1.82) is 0 Å². The largest absolute Gasteiger partial charge is 0.310 e. The molecule has 0 heterocycles. The fourth-order valence-corrected chi connectivity index (χ4v) is 14.0. The number of hydrogen-bond acceptors (Lipinski definition) is 1. The zero-order valence-corrected chi connectivity index (χ0v) is 38.0. The molecule has 15 rings (SSSR count). The van der Waals surface area contributed by atoms with Crippen LogP contribution < -0.4 is 4.90 Å². The monoisotopic (exact) mass is 863 g/mol. The van der Waals surface area contributed by atoms with Crippen molar-refractivity contribution in [3.8, 4) is 56.3 Å². The molecular formula is C67H45N. The Kier molecular flexibility index (Phi) is 7.52. The van der Waals surface area contributed by atoms with Crippen molar-refractivity contribution in [2.24, 2.45) is 5.92 Å². The first-order valence-electron chi connectivity index (χ1n) is 24.2. The lowest BCUT2D eigenvalue weighted by molar-refractivity contribution is 0.589. The average Bonchev–Trinajstić information content (AvgIpc) is 4.09. The third-order valence-electron chi connectivity index (χ3n) is 16.7. The van der Waals surface area contributed by atoms with Crippen molar-refractivity contribution < 1.29 is 0 Å². The van der Waals surface area contributed by atoms with Crippen molar-refractivity contribution in [3.05, 3.63) is 274 Å². The molecule has 0 aliphatic heterocycles. The highest BCUT2D eigenvalue weighted by molar-refractivity contribution is 5.98. The summed E-state index contributed by atoms with van der Waals surface area (Å²) in [5.74, 6) is 7.47. The zero-order valence-electron chi connectivity index (χ0n) is 38.0. The maximum Gasteiger partial charge on any atom is 0.0726 e. The Labute approximate surface area is 398 Å². The summed E-state index contributed by atoms with van der Waals surface area (Å²) in [4.78, 5) is 2.56. The first kappa shape index (κ1) is 38.0. The molecule has 6 aliphatic rings. The molecule has 0 bridgehead atoms. The van der Waals surface area contributed by atoms with Crippen LogP contribution in [0.3, 0.4) is 0 Å². The van der Waals surface area contributed by atoms with Gasteiger partial charge in [0.25, 0.3) is 0 Å². The summed E-state index contributed by atoms with van der Waals surface area (Å²) >= 11 is 0. The van der Waals surface area contributed by atoms with E-state index in [4.69, 9.17) is 0 Å². The highest BCUT2D eigenvalue weighted by Crippen LogP contribution is 2.66. The first-order chi connectivity index (χ1) is 33.5. The minimum atomic E-state index is -0.489. The van der Waals surface area contributed by atoms with E-state index in [-0.39, 0.29) is 11.3 Å². The molecule has 0 saturated heterocycles. The molecule has 0 fully saturated rings. The third-order valence-corrected chi connectivity index (χ3v) is 16.7. The molecule has 6 aliphatic carbocycles. The predicted molar refractivity (Wildman–Crippen MR) is 280 cm³/mol. The van der Waals surface area contributed by atoms with Gasteiger partial charge in [0.05, 0.1) is 16.7 Å². The van der Waals surface area contributed by atoms with Gasteiger partial charge < -0.3 is 4.90 Å². The van der Waals surface area contributed by atoms with Gasteiger partial charge in [-0.3, -0.25) is 0 Å². The summed E-state index contributed by atoms with van der Waals surface area (Å²) in [6.07, 6.45) is 7.52. The highest BCUT2D eigenvalue weighted by atomic mass is 15.1. The molecule has 1 heteroatoms. The van der Waals surface area contributed by atoms with Crippen molar-refractivity contribution in [1.82, 2.24) is 0 Å². The van der Waals surface area contributed by atoms with Crippen molar-refractivity contribution in [2.45, 2.75) is 36.5 Å². The van der Waals surface area contributed by atoms with Crippen LogP contribution in [-0.2, 0) is 16.2 Å². The van der Waals surface area contributed by atoms with Gasteiger partial charge in [-0.15, -0.1) is 0 Å². The number of fused-ring (bicyclic) bond motifs is 23. The molecule has 0 N–H and O–H groups in total. The van der Waals surface area contributed by atoms with E-state index in [0.717, 1.165) is 23.5 Å². The Morgan fingerprint density at radius 1 is 0.397 bits per heavy atom. The number of nitrogens with zero attached hydrogens (tertiary/aromatic N) is 1. The van der Waals surface area contributed by atoms with E-state index in [0.29, 0.717) is 0 Å². The number of hydrogen-bond donors (Lipinski definition) is 0. The molecule has 0 saturated carbocycles. The lowest BCUT2D eigenvalue weighted by Gasteiger charge is -2.35. The molecule has 68 heavy (non-hydrogen) atoms. The summed E-state index contributed by atoms with van der Waals surface area (Å²) in [6, 6.07) is 76.5. The zero-order chi connectivity index (χ0) is 44.9. The van der Waals surface area contributed by atoms with Crippen LogP contribution >= 0.6 is 0 Å². The van der Waals surface area contributed by atoms with Gasteiger partial charge in [0, 0.05) is 28.9 Å². The van der Waals surface area contributed by atoms with E-state index in [1.165, 1.54) is 106 Å². The van der Waals surface area contributed by atoms with E-state index in [1.807, 2.05) is 0 Å². The van der Waals surface area contributed by atoms with Gasteiger partial charge in [-0.2, -0.15) is 0 Å². The van der Waals surface area contributed by atoms with Crippen LogP contribution in [0.25, 0.3) is 50.1 Å². The maximum atomic E-state index is 3.90. The molecule has 1 unspecified atom stereocenters. The Bertz CT molecular complexity index is 3730. The highest BCUT2D eigenvalue weighted by Gasteiger charge is 2.57. The van der Waals surface area contributed by atoms with Crippen LogP contribution in [0.15, 0.2) is 218 Å². The molecule has 1 atom stereocenters. The molecule has 9 aromatic rings. The average molecular weight is 864 g/mol. The van der Waals surface area contributed by atoms with Crippen LogP contribution in [0.2, 0.25) is 0 Å². The van der Waals surface area contributed by atoms with Crippen LogP contribution in [0.5, 0.6) is 0 Å². The molecule has 0 amide bonds. The van der Waals surface area contributed by atoms with Gasteiger partial charge in [0.15, 0.2) is 0 Å². The second-order valence-corrected chi connectivity index (χ2v) is 20.0. The van der Waals surface area contributed by atoms with Crippen LogP contribution in [0, 0.1) is 17.8 Å². The molecule has 2 spiro atoms. The fourth-order valence-electron chi connectivity index (χ4n) is 14.0. The normalized spacial score (nSPS) is 18.7. The minimum absolute atomic E-state index is 0.0453. The van der Waals surface area contributed by atoms with Gasteiger partial charge in [0.1, 0.15) is 0 Å². The topological polar surface area (TPSA) is 3.24 Å². The first-order valence-corrected chi connectivity index (χ1v) is 24.2. The van der Waals surface area contributed by atoms with Gasteiger partial charge in [-0.1, -0.05) is 208 Å². The number of rotatable bonds is 3. The summed E-state index contributed by atoms with van der Waals surface area (Å²) in [5.41, 5.74) is 27.5. The Morgan fingerprint density at radius 2 is 0.794 bits per heavy atom. The van der Waals surface area contributed by atoms with Gasteiger partial charge in [-0.05, 0) is 142 Å². The third kappa shape index (κ3) is 4.58. The minimum Gasteiger partial charge on any atom is -0.310 e. The van der Waals surface area contributed by atoms with Crippen molar-refractivity contribution in [3.63, 3.8) is 0 Å². The van der Waals surface area contributed by atoms with E-state index < -0.39 is 10.8 Å². The summed E-state index contributed by atoms with van der Waals surface area (Å²) in [7, 11) is 0. The molecule has 318 valence electrons. The van der Waals surface area contributed by atoms with Crippen LogP contribution in [0.1, 0.15) is 75.9 Å². The Hall–Kier alpha value is -8.18. The summed E-state index contributed by atoms with van der Waals surface area (Å²) < 4.78 is 0. The summed E-state index contributed by atoms with van der Waals surface area (Å²) in [5, 5.41) is 0. The maximum absolute atomic E-state index is 3.90. The lowest BCUT2D eigenvalue weighted by atomic mass is 9.67. The fraction of sp³-hybridized carbons (Fsp3) is 0.104. The molecule has 1 nitrogen and oxygen atoms in total. The van der Waals surface area contributed by atoms with E-state index in [9.17, 15) is 0 Å². The SMILES string of the molecule is CC1(C)c2ccccc2-c2ccc(N(c3ccc4c(c3)C3(c5ccccc5-c5ccccc53)c3ccccc3-4)c3ccc4c(c3)C3(c5ccccc5-c5ccccc53)C3C#CC/C=C\C=C\43)cc21. The second-order valence-electron chi connectivity index (χ2n) is 20.0. The molecule has 0 aromatic heterocycles. The van der Waals surface area contributed by atoms with E-state index in [1.54, 1.807) is 0 Å². The van der Waals surface area contributed by atoms with Crippen molar-refractivity contribution in [2.75, 3.05) is 4.90 Å². The Morgan fingerprint density at radius 3 is 1.34 bits per heavy atom. The van der Waals surface area contributed by atoms with Gasteiger partial charge >= 0.3 is 0 Å². The van der Waals surface area contributed by atoms with E-state index >= 15 is 0 Å². The second kappa shape index (κ2) is 13.5. The lowest BCUT2D eigenvalue weighted by Crippen LogP contribution is -2.31. The number of anilines is 3. The smallest absolute Gasteiger partial charge is 0.0726 e. The Balaban J connectivity index is 1.02. The standard InChI is InChI=1S/C67H45N/c1-65(2)55-26-13-7-20-45(55)52-36-33-42(39-62(52)65)68(44-35-38-54-51-25-12-18-32-61(51)67(64(54)41-44)59-30-16-10-23-48(59)49-24-11-17-31-60(49)67)43-34-37-53-50-19-5-3-4-6-27-56(50)66(63(53)40-43)57-28-14-8-21-46(57)47-22-9-15-29-58(47)66/h3,5,7-26,28-41,56H,4H2,1-2H3/b5-3-,50-19-. The predicted octanol–water partition coefficient (Wildman–Crippen LogP) is 16.1. The quantitative estimate of drug-likeness (QED) is 0.160. The number of benzene rings is 9. The number of allylic oxidation sites excluding steroid dienone is 4. The van der Waals surface area contributed by atoms with Gasteiger partial charge in [-0.25, -0.2) is 0 Å². The summed E-state index contributed by atoms with van der Waals surface area (Å²) in [6.45, 7) is 4.78. The van der Waals surface area contributed by atoms with Crippen LogP contribution in [-0.4, -0.2) is 0 Å². The van der Waals surface area contributed by atoms with E-state index in [2.05, 4.69) is 249 Å². The molecule has 9 aromatic carbocycles. The molecular weight excluding hydrogens is 819 g/mol. The molecule has 0 radical (unpaired) electrons.